The Morgan fingerprint density at radius 2 is 0.609 bits per heavy atom. The van der Waals surface area contributed by atoms with E-state index in [2.05, 4.69) is 11.8 Å². The Bertz CT molecular complexity index is 539. The highest BCUT2D eigenvalue weighted by atomic mass is 16.6. The molecule has 0 aliphatic heterocycles. The number of hydrogen-bond donors (Lipinski definition) is 2. The number of hydrogen-bond acceptors (Lipinski definition) is 13. The third-order valence-electron chi connectivity index (χ3n) is 6.59. The second-order valence-corrected chi connectivity index (χ2v) is 10.5. The SMILES string of the molecule is CCCCCCCCN(CCCOCCOCCOCCOCCO)CCOCCOCCOCCOCCOCCOCCO. The summed E-state index contributed by atoms with van der Waals surface area (Å²) >= 11 is 0. The molecule has 0 heterocycles. The molecule has 0 fully saturated rings. The third-order valence-corrected chi connectivity index (χ3v) is 6.59. The molecular weight excluding hydrogens is 602 g/mol. The van der Waals surface area contributed by atoms with E-state index in [0.717, 1.165) is 32.7 Å². The summed E-state index contributed by atoms with van der Waals surface area (Å²) in [5, 5.41) is 17.3. The predicted molar refractivity (Wildman–Crippen MR) is 177 cm³/mol. The molecule has 0 aliphatic carbocycles. The van der Waals surface area contributed by atoms with E-state index >= 15 is 0 Å². The number of aliphatic hydroxyl groups excluding tert-OH is 2. The van der Waals surface area contributed by atoms with Crippen LogP contribution < -0.4 is 0 Å². The first-order valence-corrected chi connectivity index (χ1v) is 17.6. The van der Waals surface area contributed by atoms with Gasteiger partial charge in [-0.1, -0.05) is 39.0 Å². The summed E-state index contributed by atoms with van der Waals surface area (Å²) in [5.41, 5.74) is 0. The van der Waals surface area contributed by atoms with Crippen molar-refractivity contribution in [2.75, 3.05) is 165 Å². The molecule has 0 aliphatic rings. The minimum absolute atomic E-state index is 0.0290. The molecule has 0 aromatic heterocycles. The number of ether oxygens (including phenoxy) is 10. The van der Waals surface area contributed by atoms with Gasteiger partial charge in [0, 0.05) is 19.7 Å². The minimum atomic E-state index is 0.0290. The normalized spacial score (nSPS) is 11.7. The maximum atomic E-state index is 8.64. The van der Waals surface area contributed by atoms with Crippen molar-refractivity contribution in [3.63, 3.8) is 0 Å². The number of unbranched alkanes of at least 4 members (excludes halogenated alkanes) is 5. The van der Waals surface area contributed by atoms with Crippen molar-refractivity contribution in [3.05, 3.63) is 0 Å². The van der Waals surface area contributed by atoms with Gasteiger partial charge >= 0.3 is 0 Å². The van der Waals surface area contributed by atoms with Gasteiger partial charge in [-0.2, -0.15) is 0 Å². The van der Waals surface area contributed by atoms with Crippen molar-refractivity contribution in [1.29, 1.82) is 0 Å². The van der Waals surface area contributed by atoms with Crippen LogP contribution in [0.1, 0.15) is 51.9 Å². The monoisotopic (exact) mass is 671 g/mol. The summed E-state index contributed by atoms with van der Waals surface area (Å²) in [5.74, 6) is 0. The van der Waals surface area contributed by atoms with Gasteiger partial charge in [0.15, 0.2) is 0 Å². The van der Waals surface area contributed by atoms with Crippen molar-refractivity contribution < 1.29 is 57.6 Å². The number of rotatable bonds is 42. The molecule has 2 N–H and O–H groups in total. The van der Waals surface area contributed by atoms with Crippen LogP contribution >= 0.6 is 0 Å². The van der Waals surface area contributed by atoms with E-state index in [0.29, 0.717) is 126 Å². The van der Waals surface area contributed by atoms with Crippen LogP contribution in [0.5, 0.6) is 0 Å². The molecule has 0 saturated heterocycles. The fourth-order valence-corrected chi connectivity index (χ4v) is 4.13. The summed E-state index contributed by atoms with van der Waals surface area (Å²) < 4.78 is 54.7. The maximum Gasteiger partial charge on any atom is 0.0701 e. The molecule has 0 rings (SSSR count). The van der Waals surface area contributed by atoms with E-state index in [4.69, 9.17) is 57.6 Å². The lowest BCUT2D eigenvalue weighted by Gasteiger charge is -2.22. The van der Waals surface area contributed by atoms with Gasteiger partial charge in [-0.05, 0) is 19.4 Å². The Balaban J connectivity index is 3.69. The molecule has 0 aromatic rings. The lowest BCUT2D eigenvalue weighted by Crippen LogP contribution is -2.31. The molecular formula is C33H69NO12. The second-order valence-electron chi connectivity index (χ2n) is 10.5. The standard InChI is InChI=1S/C33H69NO12/c1-2-3-4-5-6-7-9-34(10-8-14-37-18-22-41-26-28-43-24-20-39-16-12-35)11-15-38-19-23-42-27-30-45-32-33-46-31-29-44-25-21-40-17-13-36/h35-36H,2-33H2,1H3. The fraction of sp³-hybridized carbons (Fsp3) is 1.00. The Labute approximate surface area is 279 Å². The van der Waals surface area contributed by atoms with Gasteiger partial charge in [-0.25, -0.2) is 0 Å². The van der Waals surface area contributed by atoms with Crippen LogP contribution in [0.2, 0.25) is 0 Å². The van der Waals surface area contributed by atoms with Gasteiger partial charge in [0.2, 0.25) is 0 Å². The van der Waals surface area contributed by atoms with Crippen LogP contribution in [-0.2, 0) is 47.4 Å². The molecule has 0 radical (unpaired) electrons. The lowest BCUT2D eigenvalue weighted by molar-refractivity contribution is -0.0190. The molecule has 0 bridgehead atoms. The largest absolute Gasteiger partial charge is 0.394 e. The van der Waals surface area contributed by atoms with E-state index in [1.807, 2.05) is 0 Å². The zero-order valence-corrected chi connectivity index (χ0v) is 29.1. The van der Waals surface area contributed by atoms with Crippen molar-refractivity contribution in [3.8, 4) is 0 Å². The van der Waals surface area contributed by atoms with Crippen LogP contribution in [0, 0.1) is 0 Å². The molecule has 0 unspecified atom stereocenters. The number of aliphatic hydroxyl groups is 2. The topological polar surface area (TPSA) is 136 Å². The number of nitrogens with zero attached hydrogens (tertiary/aromatic N) is 1. The highest BCUT2D eigenvalue weighted by Gasteiger charge is 2.05. The molecule has 0 aromatic carbocycles. The van der Waals surface area contributed by atoms with Crippen LogP contribution in [0.4, 0.5) is 0 Å². The van der Waals surface area contributed by atoms with Gasteiger partial charge in [0.25, 0.3) is 0 Å². The van der Waals surface area contributed by atoms with E-state index in [9.17, 15) is 0 Å². The van der Waals surface area contributed by atoms with Crippen molar-refractivity contribution in [2.45, 2.75) is 51.9 Å². The summed E-state index contributed by atoms with van der Waals surface area (Å²) in [7, 11) is 0. The Hall–Kier alpha value is -0.520. The summed E-state index contributed by atoms with van der Waals surface area (Å²) in [4.78, 5) is 2.48. The average Bonchev–Trinajstić information content (AvgIpc) is 3.07. The Kier molecular flexibility index (Phi) is 42.0. The molecule has 46 heavy (non-hydrogen) atoms. The summed E-state index contributed by atoms with van der Waals surface area (Å²) in [6.07, 6.45) is 8.74. The first kappa shape index (κ1) is 45.5. The molecule has 0 amide bonds. The van der Waals surface area contributed by atoms with Gasteiger partial charge < -0.3 is 62.5 Å². The predicted octanol–water partition coefficient (Wildman–Crippen LogP) is 2.19. The van der Waals surface area contributed by atoms with Crippen LogP contribution in [0.3, 0.4) is 0 Å². The fourth-order valence-electron chi connectivity index (χ4n) is 4.13. The van der Waals surface area contributed by atoms with Crippen molar-refractivity contribution in [2.24, 2.45) is 0 Å². The van der Waals surface area contributed by atoms with E-state index in [1.54, 1.807) is 0 Å². The molecule has 13 heteroatoms. The molecule has 0 spiro atoms. The van der Waals surface area contributed by atoms with E-state index in [-0.39, 0.29) is 13.2 Å². The third kappa shape index (κ3) is 39.7. The lowest BCUT2D eigenvalue weighted by atomic mass is 10.1. The highest BCUT2D eigenvalue weighted by molar-refractivity contribution is 4.59. The molecule has 0 atom stereocenters. The van der Waals surface area contributed by atoms with E-state index in [1.165, 1.54) is 38.5 Å². The van der Waals surface area contributed by atoms with Crippen LogP contribution in [-0.4, -0.2) is 180 Å². The molecule has 278 valence electrons. The Morgan fingerprint density at radius 1 is 0.304 bits per heavy atom. The van der Waals surface area contributed by atoms with E-state index < -0.39 is 0 Å². The van der Waals surface area contributed by atoms with Gasteiger partial charge in [-0.15, -0.1) is 0 Å². The molecule has 0 saturated carbocycles. The van der Waals surface area contributed by atoms with Crippen LogP contribution in [0.15, 0.2) is 0 Å². The Morgan fingerprint density at radius 3 is 1.00 bits per heavy atom. The van der Waals surface area contributed by atoms with Gasteiger partial charge in [0.1, 0.15) is 0 Å². The quantitative estimate of drug-likeness (QED) is 0.0919. The first-order chi connectivity index (χ1) is 22.8. The van der Waals surface area contributed by atoms with Gasteiger partial charge in [-0.3, -0.25) is 0 Å². The van der Waals surface area contributed by atoms with Crippen molar-refractivity contribution >= 4 is 0 Å². The van der Waals surface area contributed by atoms with Gasteiger partial charge in [0.05, 0.1) is 139 Å². The summed E-state index contributed by atoms with van der Waals surface area (Å²) in [6.45, 7) is 15.8. The average molecular weight is 672 g/mol. The second kappa shape index (κ2) is 42.5. The first-order valence-electron chi connectivity index (χ1n) is 17.6. The van der Waals surface area contributed by atoms with Crippen molar-refractivity contribution in [1.82, 2.24) is 4.90 Å². The zero-order chi connectivity index (χ0) is 33.3. The van der Waals surface area contributed by atoms with Crippen LogP contribution in [0.25, 0.3) is 0 Å². The zero-order valence-electron chi connectivity index (χ0n) is 29.1. The summed E-state index contributed by atoms with van der Waals surface area (Å²) in [6, 6.07) is 0. The maximum absolute atomic E-state index is 8.64. The highest BCUT2D eigenvalue weighted by Crippen LogP contribution is 2.06. The minimum Gasteiger partial charge on any atom is -0.394 e. The smallest absolute Gasteiger partial charge is 0.0701 e. The molecule has 13 nitrogen and oxygen atoms in total.